The summed E-state index contributed by atoms with van der Waals surface area (Å²) in [4.78, 5) is 13.9. The summed E-state index contributed by atoms with van der Waals surface area (Å²) in [5.41, 5.74) is 0.525. The van der Waals surface area contributed by atoms with Crippen molar-refractivity contribution in [2.24, 2.45) is 5.92 Å². The summed E-state index contributed by atoms with van der Waals surface area (Å²) < 4.78 is 5.70. The van der Waals surface area contributed by atoms with Gasteiger partial charge in [-0.3, -0.25) is 4.90 Å². The molecule has 1 aromatic carbocycles. The molecule has 0 spiro atoms. The number of aromatic hydroxyl groups is 1. The number of phenolic OH excluding ortho intramolecular Hbond substituents is 1. The van der Waals surface area contributed by atoms with Crippen molar-refractivity contribution < 1.29 is 14.6 Å². The molecule has 2 heterocycles. The molecule has 1 unspecified atom stereocenters. The smallest absolute Gasteiger partial charge is 0.410 e. The SMILES string of the molecule is CC1(C2CCNCC2)CN(Cc2cccc(O)c2)C(=O)O1. The van der Waals surface area contributed by atoms with Crippen LogP contribution in [0.3, 0.4) is 0 Å². The average Bonchev–Trinajstić information content (AvgIpc) is 2.76. The molecule has 3 rings (SSSR count). The quantitative estimate of drug-likeness (QED) is 0.895. The molecule has 0 bridgehead atoms. The maximum absolute atomic E-state index is 12.1. The molecule has 0 aromatic heterocycles. The minimum absolute atomic E-state index is 0.223. The molecule has 0 saturated carbocycles. The predicted molar refractivity (Wildman–Crippen MR) is 79.0 cm³/mol. The fourth-order valence-corrected chi connectivity index (χ4v) is 3.38. The van der Waals surface area contributed by atoms with Crippen LogP contribution in [0.2, 0.25) is 0 Å². The molecular weight excluding hydrogens is 268 g/mol. The molecular formula is C16H22N2O3. The summed E-state index contributed by atoms with van der Waals surface area (Å²) in [5.74, 6) is 0.637. The summed E-state index contributed by atoms with van der Waals surface area (Å²) >= 11 is 0. The van der Waals surface area contributed by atoms with Crippen LogP contribution in [0.4, 0.5) is 4.79 Å². The zero-order valence-electron chi connectivity index (χ0n) is 12.3. The topological polar surface area (TPSA) is 61.8 Å². The van der Waals surface area contributed by atoms with E-state index >= 15 is 0 Å². The second kappa shape index (κ2) is 5.56. The molecule has 2 fully saturated rings. The van der Waals surface area contributed by atoms with Gasteiger partial charge >= 0.3 is 6.09 Å². The highest BCUT2D eigenvalue weighted by Gasteiger charge is 2.46. The van der Waals surface area contributed by atoms with Crippen LogP contribution in [-0.4, -0.2) is 41.3 Å². The number of nitrogens with one attached hydrogen (secondary N) is 1. The molecule has 2 aliphatic rings. The average molecular weight is 290 g/mol. The molecule has 0 radical (unpaired) electrons. The van der Waals surface area contributed by atoms with Crippen LogP contribution >= 0.6 is 0 Å². The number of piperidine rings is 1. The van der Waals surface area contributed by atoms with Crippen LogP contribution in [0.1, 0.15) is 25.3 Å². The predicted octanol–water partition coefficient (Wildman–Crippen LogP) is 2.10. The van der Waals surface area contributed by atoms with Gasteiger partial charge in [0.1, 0.15) is 11.4 Å². The van der Waals surface area contributed by atoms with Gasteiger partial charge in [0, 0.05) is 12.5 Å². The molecule has 2 N–H and O–H groups in total. The minimum atomic E-state index is -0.393. The number of carbonyl (C=O) groups excluding carboxylic acids is 1. The summed E-state index contributed by atoms with van der Waals surface area (Å²) in [7, 11) is 0. The molecule has 1 amide bonds. The fraction of sp³-hybridized carbons (Fsp3) is 0.562. The van der Waals surface area contributed by atoms with E-state index in [1.54, 1.807) is 23.1 Å². The lowest BCUT2D eigenvalue weighted by atomic mass is 9.82. The summed E-state index contributed by atoms with van der Waals surface area (Å²) in [6, 6.07) is 7.02. The van der Waals surface area contributed by atoms with Gasteiger partial charge in [-0.05, 0) is 50.6 Å². The number of ether oxygens (including phenoxy) is 1. The molecule has 1 atom stereocenters. The van der Waals surface area contributed by atoms with Crippen molar-refractivity contribution in [1.29, 1.82) is 0 Å². The first kappa shape index (κ1) is 14.2. The van der Waals surface area contributed by atoms with Crippen molar-refractivity contribution in [3.05, 3.63) is 29.8 Å². The van der Waals surface area contributed by atoms with Crippen molar-refractivity contribution in [3.63, 3.8) is 0 Å². The van der Waals surface area contributed by atoms with E-state index in [9.17, 15) is 9.90 Å². The Hall–Kier alpha value is -1.75. The van der Waals surface area contributed by atoms with Crippen LogP contribution in [-0.2, 0) is 11.3 Å². The lowest BCUT2D eigenvalue weighted by Crippen LogP contribution is -2.44. The van der Waals surface area contributed by atoms with Gasteiger partial charge in [-0.2, -0.15) is 0 Å². The summed E-state index contributed by atoms with van der Waals surface area (Å²) in [6.45, 7) is 5.12. The molecule has 0 aliphatic carbocycles. The highest BCUT2D eigenvalue weighted by molar-refractivity contribution is 5.70. The molecule has 5 heteroatoms. The Kier molecular flexibility index (Phi) is 3.76. The van der Waals surface area contributed by atoms with Gasteiger partial charge in [-0.15, -0.1) is 0 Å². The highest BCUT2D eigenvalue weighted by atomic mass is 16.6. The number of cyclic esters (lactones) is 1. The number of benzene rings is 1. The van der Waals surface area contributed by atoms with Crippen molar-refractivity contribution in [3.8, 4) is 5.75 Å². The van der Waals surface area contributed by atoms with Crippen LogP contribution in [0.25, 0.3) is 0 Å². The summed E-state index contributed by atoms with van der Waals surface area (Å²) in [5, 5.41) is 12.9. The second-order valence-electron chi connectivity index (χ2n) is 6.23. The lowest BCUT2D eigenvalue weighted by molar-refractivity contribution is 0.00943. The first-order valence-corrected chi connectivity index (χ1v) is 7.53. The minimum Gasteiger partial charge on any atom is -0.508 e. The lowest BCUT2D eigenvalue weighted by Gasteiger charge is -2.34. The van der Waals surface area contributed by atoms with Gasteiger partial charge < -0.3 is 15.2 Å². The molecule has 1 aromatic rings. The molecule has 5 nitrogen and oxygen atoms in total. The Balaban J connectivity index is 1.69. The second-order valence-corrected chi connectivity index (χ2v) is 6.23. The van der Waals surface area contributed by atoms with E-state index in [-0.39, 0.29) is 11.8 Å². The Bertz CT molecular complexity index is 528. The maximum atomic E-state index is 12.1. The third kappa shape index (κ3) is 2.97. The van der Waals surface area contributed by atoms with Gasteiger partial charge in [-0.1, -0.05) is 12.1 Å². The van der Waals surface area contributed by atoms with E-state index in [2.05, 4.69) is 5.32 Å². The number of carbonyl (C=O) groups is 1. The van der Waals surface area contributed by atoms with Crippen LogP contribution < -0.4 is 5.32 Å². The monoisotopic (exact) mass is 290 g/mol. The maximum Gasteiger partial charge on any atom is 0.410 e. The Morgan fingerprint density at radius 2 is 2.19 bits per heavy atom. The third-order valence-electron chi connectivity index (χ3n) is 4.57. The van der Waals surface area contributed by atoms with E-state index in [0.717, 1.165) is 31.5 Å². The summed E-state index contributed by atoms with van der Waals surface area (Å²) in [6.07, 6.45) is 1.84. The van der Waals surface area contributed by atoms with E-state index < -0.39 is 5.60 Å². The molecule has 21 heavy (non-hydrogen) atoms. The van der Waals surface area contributed by atoms with E-state index in [1.165, 1.54) is 0 Å². The Morgan fingerprint density at radius 3 is 2.90 bits per heavy atom. The van der Waals surface area contributed by atoms with E-state index in [1.807, 2.05) is 13.0 Å². The van der Waals surface area contributed by atoms with Gasteiger partial charge in [0.25, 0.3) is 0 Å². The number of rotatable bonds is 3. The molecule has 2 saturated heterocycles. The molecule has 114 valence electrons. The number of nitrogens with zero attached hydrogens (tertiary/aromatic N) is 1. The van der Waals surface area contributed by atoms with Crippen molar-refractivity contribution in [2.75, 3.05) is 19.6 Å². The number of hydrogen-bond donors (Lipinski definition) is 2. The number of hydrogen-bond acceptors (Lipinski definition) is 4. The van der Waals surface area contributed by atoms with Gasteiger partial charge in [0.2, 0.25) is 0 Å². The Morgan fingerprint density at radius 1 is 1.43 bits per heavy atom. The van der Waals surface area contributed by atoms with Crippen molar-refractivity contribution in [2.45, 2.75) is 31.9 Å². The highest BCUT2D eigenvalue weighted by Crippen LogP contribution is 2.35. The first-order valence-electron chi connectivity index (χ1n) is 7.53. The van der Waals surface area contributed by atoms with E-state index in [0.29, 0.717) is 19.0 Å². The number of phenols is 1. The van der Waals surface area contributed by atoms with Gasteiger partial charge in [0.15, 0.2) is 0 Å². The Labute approximate surface area is 124 Å². The largest absolute Gasteiger partial charge is 0.508 e. The van der Waals surface area contributed by atoms with Gasteiger partial charge in [0.05, 0.1) is 6.54 Å². The van der Waals surface area contributed by atoms with E-state index in [4.69, 9.17) is 4.74 Å². The fourth-order valence-electron chi connectivity index (χ4n) is 3.38. The van der Waals surface area contributed by atoms with Crippen LogP contribution in [0, 0.1) is 5.92 Å². The standard InChI is InChI=1S/C16H22N2O3/c1-16(13-5-7-17-8-6-13)11-18(15(20)21-16)10-12-3-2-4-14(19)9-12/h2-4,9,13,17,19H,5-8,10-11H2,1H3. The molecule has 2 aliphatic heterocycles. The van der Waals surface area contributed by atoms with Crippen LogP contribution in [0.5, 0.6) is 5.75 Å². The third-order valence-corrected chi connectivity index (χ3v) is 4.57. The normalized spacial score (nSPS) is 26.9. The zero-order valence-corrected chi connectivity index (χ0v) is 12.3. The number of amides is 1. The van der Waals surface area contributed by atoms with Gasteiger partial charge in [-0.25, -0.2) is 4.79 Å². The van der Waals surface area contributed by atoms with Crippen molar-refractivity contribution in [1.82, 2.24) is 10.2 Å². The first-order chi connectivity index (χ1) is 10.1. The van der Waals surface area contributed by atoms with Crippen molar-refractivity contribution >= 4 is 6.09 Å². The zero-order chi connectivity index (χ0) is 14.9. The van der Waals surface area contributed by atoms with Crippen LogP contribution in [0.15, 0.2) is 24.3 Å².